The van der Waals surface area contributed by atoms with Gasteiger partial charge in [0, 0.05) is 18.4 Å². The molecule has 3 heterocycles. The minimum atomic E-state index is -0.537. The number of primary amides is 1. The summed E-state index contributed by atoms with van der Waals surface area (Å²) in [5.41, 5.74) is 10.7. The maximum absolute atomic E-state index is 12.8. The van der Waals surface area contributed by atoms with Gasteiger partial charge in [-0.2, -0.15) is 4.98 Å². The lowest BCUT2D eigenvalue weighted by atomic mass is 10.1. The first-order valence-electron chi connectivity index (χ1n) is 12.2. The van der Waals surface area contributed by atoms with Crippen molar-refractivity contribution < 1.29 is 14.3 Å². The Hall–Kier alpha value is -4.64. The summed E-state index contributed by atoms with van der Waals surface area (Å²) in [6.45, 7) is 2.83. The van der Waals surface area contributed by atoms with Crippen LogP contribution in [0.25, 0.3) is 11.4 Å². The number of rotatable bonds is 8. The Labute approximate surface area is 220 Å². The molecule has 2 aromatic carbocycles. The first-order valence-corrected chi connectivity index (χ1v) is 12.2. The first-order chi connectivity index (χ1) is 18.2. The number of nitrogens with two attached hydrogens (primary N) is 1. The van der Waals surface area contributed by atoms with E-state index in [-0.39, 0.29) is 5.91 Å². The van der Waals surface area contributed by atoms with Gasteiger partial charge in [-0.05, 0) is 62.8 Å². The van der Waals surface area contributed by atoms with E-state index >= 15 is 0 Å². The van der Waals surface area contributed by atoms with Crippen LogP contribution in [0.3, 0.4) is 0 Å². The molecule has 3 aliphatic rings. The Morgan fingerprint density at radius 3 is 2.76 bits per heavy atom. The van der Waals surface area contributed by atoms with Gasteiger partial charge in [0.15, 0.2) is 0 Å². The quantitative estimate of drug-likeness (QED) is 0.281. The second-order valence-corrected chi connectivity index (χ2v) is 9.47. The number of H-pyrrole nitrogens is 1. The standard InChI is InChI=1S/C27H30N8O3/c1-15-6-5-7-17(24(28)37)23(15)31-26-18-8-10-29-25(18)32-27(33-26)30-19-13-20-16(12-21(19)38-4)9-11-35(20)22(36)14-34(2)3/h5-8,10,12-13H,9,11,14H2,1-4H3,(H2,28,37)(H3,29,30,31,32,33). The van der Waals surface area contributed by atoms with Crippen LogP contribution in [0, 0.1) is 6.92 Å². The number of carbonyl (C=O) groups excluding carboxylic acids is 2. The molecular formula is C27H30N8O3. The number of ether oxygens (including phenoxy) is 1. The van der Waals surface area contributed by atoms with E-state index in [1.165, 1.54) is 0 Å². The molecular weight excluding hydrogens is 484 g/mol. The molecule has 0 aliphatic carbocycles. The van der Waals surface area contributed by atoms with E-state index in [9.17, 15) is 9.59 Å². The van der Waals surface area contributed by atoms with Crippen LogP contribution in [0.15, 0.2) is 42.6 Å². The van der Waals surface area contributed by atoms with E-state index in [1.807, 2.05) is 50.2 Å². The highest BCUT2D eigenvalue weighted by molar-refractivity contribution is 6.00. The maximum atomic E-state index is 12.8. The molecule has 0 aromatic heterocycles. The fourth-order valence-corrected chi connectivity index (χ4v) is 4.67. The number of nitrogens with one attached hydrogen (secondary N) is 3. The number of aromatic amines is 1. The molecule has 196 valence electrons. The molecule has 2 aromatic rings. The zero-order valence-corrected chi connectivity index (χ0v) is 21.8. The number of carbonyl (C=O) groups is 2. The van der Waals surface area contributed by atoms with Gasteiger partial charge in [-0.15, -0.1) is 0 Å². The van der Waals surface area contributed by atoms with Crippen molar-refractivity contribution in [2.45, 2.75) is 13.3 Å². The number of nitrogens with zero attached hydrogens (tertiary/aromatic N) is 4. The molecule has 2 amide bonds. The average molecular weight is 515 g/mol. The van der Waals surface area contributed by atoms with Gasteiger partial charge in [-0.1, -0.05) is 12.1 Å². The topological polar surface area (TPSA) is 142 Å². The van der Waals surface area contributed by atoms with Crippen molar-refractivity contribution in [2.75, 3.05) is 49.8 Å². The summed E-state index contributed by atoms with van der Waals surface area (Å²) in [6.07, 6.45) is 2.43. The molecule has 11 heteroatoms. The van der Waals surface area contributed by atoms with Crippen LogP contribution in [-0.4, -0.2) is 66.0 Å². The highest BCUT2D eigenvalue weighted by atomic mass is 16.5. The predicted molar refractivity (Wildman–Crippen MR) is 147 cm³/mol. The highest BCUT2D eigenvalue weighted by Gasteiger charge is 2.27. The van der Waals surface area contributed by atoms with Crippen molar-refractivity contribution in [2.24, 2.45) is 5.73 Å². The highest BCUT2D eigenvalue weighted by Crippen LogP contribution is 2.39. The minimum absolute atomic E-state index is 0.0342. The number of aromatic nitrogens is 3. The largest absolute Gasteiger partial charge is 0.495 e. The number of benzene rings is 2. The summed E-state index contributed by atoms with van der Waals surface area (Å²) >= 11 is 0. The van der Waals surface area contributed by atoms with Crippen LogP contribution >= 0.6 is 0 Å². The van der Waals surface area contributed by atoms with Crippen molar-refractivity contribution in [1.29, 1.82) is 0 Å². The number of fused-ring (bicyclic) bond motifs is 2. The van der Waals surface area contributed by atoms with Gasteiger partial charge in [0.05, 0.1) is 36.2 Å². The Morgan fingerprint density at radius 1 is 1.21 bits per heavy atom. The molecule has 38 heavy (non-hydrogen) atoms. The lowest BCUT2D eigenvalue weighted by Crippen LogP contribution is -2.36. The number of hydrogen-bond donors (Lipinski definition) is 4. The Morgan fingerprint density at radius 2 is 2.03 bits per heavy atom. The fourth-order valence-electron chi connectivity index (χ4n) is 4.67. The Bertz CT molecular complexity index is 1500. The maximum Gasteiger partial charge on any atom is 0.250 e. The predicted octanol–water partition coefficient (Wildman–Crippen LogP) is 3.26. The van der Waals surface area contributed by atoms with Gasteiger partial charge < -0.3 is 35.9 Å². The SMILES string of the molecule is COc1cc2c(cc1Nc1nc(Nc3c(C)cccc3C(N)=O)c3ccnc-3[nH]1)N(C(=O)CN(C)C)CC2. The van der Waals surface area contributed by atoms with Crippen molar-refractivity contribution in [3.63, 3.8) is 0 Å². The van der Waals surface area contributed by atoms with Gasteiger partial charge in [0.25, 0.3) is 5.91 Å². The van der Waals surface area contributed by atoms with Crippen LogP contribution in [0.1, 0.15) is 21.5 Å². The third-order valence-corrected chi connectivity index (χ3v) is 6.50. The van der Waals surface area contributed by atoms with E-state index in [4.69, 9.17) is 15.5 Å². The van der Waals surface area contributed by atoms with Gasteiger partial charge in [-0.25, -0.2) is 4.98 Å². The smallest absolute Gasteiger partial charge is 0.250 e. The molecule has 0 saturated heterocycles. The molecule has 0 atom stereocenters. The van der Waals surface area contributed by atoms with Crippen LogP contribution < -0.4 is 26.0 Å². The summed E-state index contributed by atoms with van der Waals surface area (Å²) in [5.74, 6) is 1.62. The van der Waals surface area contributed by atoms with E-state index in [2.05, 4.69) is 20.6 Å². The minimum Gasteiger partial charge on any atom is -0.495 e. The summed E-state index contributed by atoms with van der Waals surface area (Å²) < 4.78 is 5.66. The summed E-state index contributed by atoms with van der Waals surface area (Å²) in [7, 11) is 5.35. The van der Waals surface area contributed by atoms with E-state index in [0.29, 0.717) is 53.4 Å². The van der Waals surface area contributed by atoms with E-state index in [0.717, 1.165) is 28.8 Å². The van der Waals surface area contributed by atoms with Crippen molar-refractivity contribution >= 4 is 40.6 Å². The molecule has 5 rings (SSSR count). The van der Waals surface area contributed by atoms with E-state index < -0.39 is 5.91 Å². The number of para-hydroxylation sites is 1. The van der Waals surface area contributed by atoms with Gasteiger partial charge in [0.2, 0.25) is 11.9 Å². The molecule has 0 unspecified atom stereocenters. The lowest BCUT2D eigenvalue weighted by molar-refractivity contribution is -0.119. The third kappa shape index (κ3) is 4.71. The average Bonchev–Trinajstić information content (AvgIpc) is 3.51. The van der Waals surface area contributed by atoms with Gasteiger partial charge in [-0.3, -0.25) is 9.59 Å². The second-order valence-electron chi connectivity index (χ2n) is 9.47. The number of anilines is 5. The van der Waals surface area contributed by atoms with Crippen LogP contribution in [0.4, 0.5) is 28.8 Å². The van der Waals surface area contributed by atoms with Crippen molar-refractivity contribution in [3.05, 3.63) is 59.3 Å². The molecule has 0 spiro atoms. The number of aryl methyl sites for hydroxylation is 1. The third-order valence-electron chi connectivity index (χ3n) is 6.50. The molecule has 0 bridgehead atoms. The first kappa shape index (κ1) is 25.0. The van der Waals surface area contributed by atoms with E-state index in [1.54, 1.807) is 30.3 Å². The zero-order chi connectivity index (χ0) is 27.0. The molecule has 3 aliphatic heterocycles. The summed E-state index contributed by atoms with van der Waals surface area (Å²) in [6, 6.07) is 11.0. The monoisotopic (exact) mass is 514 g/mol. The molecule has 0 radical (unpaired) electrons. The molecule has 5 N–H and O–H groups in total. The van der Waals surface area contributed by atoms with Gasteiger partial charge in [0.1, 0.15) is 17.4 Å². The second kappa shape index (κ2) is 10.0. The fraction of sp³-hybridized carbons (Fsp3) is 0.259. The Balaban J connectivity index is 1.52. The van der Waals surface area contributed by atoms with Crippen LogP contribution in [0.2, 0.25) is 0 Å². The number of likely N-dealkylation sites (N-methyl/N-ethyl adjacent to an activating group) is 1. The summed E-state index contributed by atoms with van der Waals surface area (Å²) in [5, 5.41) is 6.59. The molecule has 11 nitrogen and oxygen atoms in total. The molecule has 0 fully saturated rings. The van der Waals surface area contributed by atoms with Crippen LogP contribution in [-0.2, 0) is 11.2 Å². The van der Waals surface area contributed by atoms with Gasteiger partial charge >= 0.3 is 0 Å². The Kier molecular flexibility index (Phi) is 6.60. The normalized spacial score (nSPS) is 12.6. The molecule has 0 saturated carbocycles. The van der Waals surface area contributed by atoms with Crippen molar-refractivity contribution in [1.82, 2.24) is 19.9 Å². The number of hydrogen-bond acceptors (Lipinski definition) is 8. The van der Waals surface area contributed by atoms with Crippen molar-refractivity contribution in [3.8, 4) is 17.1 Å². The summed E-state index contributed by atoms with van der Waals surface area (Å²) in [4.78, 5) is 40.9. The number of amides is 2. The zero-order valence-electron chi connectivity index (χ0n) is 21.8. The van der Waals surface area contributed by atoms with Crippen LogP contribution in [0.5, 0.6) is 5.75 Å². The lowest BCUT2D eigenvalue weighted by Gasteiger charge is -2.21. The number of methoxy groups -OCH3 is 1.